The highest BCUT2D eigenvalue weighted by Gasteiger charge is 2.32. The van der Waals surface area contributed by atoms with Crippen LogP contribution in [0.1, 0.15) is 10.4 Å². The van der Waals surface area contributed by atoms with Crippen molar-refractivity contribution < 1.29 is 14.3 Å². The van der Waals surface area contributed by atoms with E-state index in [2.05, 4.69) is 21.4 Å². The van der Waals surface area contributed by atoms with E-state index < -0.39 is 6.09 Å². The van der Waals surface area contributed by atoms with Crippen LogP contribution in [0, 0.1) is 0 Å². The van der Waals surface area contributed by atoms with Gasteiger partial charge in [0.25, 0.3) is 5.91 Å². The van der Waals surface area contributed by atoms with E-state index >= 15 is 0 Å². The Labute approximate surface area is 100 Å². The first-order valence-corrected chi connectivity index (χ1v) is 5.56. The van der Waals surface area contributed by atoms with Crippen LogP contribution in [0.3, 0.4) is 0 Å². The van der Waals surface area contributed by atoms with Crippen molar-refractivity contribution in [1.82, 2.24) is 10.4 Å². The van der Waals surface area contributed by atoms with Gasteiger partial charge in [-0.05, 0) is 12.1 Å². The number of benzene rings is 1. The van der Waals surface area contributed by atoms with E-state index in [4.69, 9.17) is 4.74 Å². The summed E-state index contributed by atoms with van der Waals surface area (Å²) >= 11 is 3.21. The summed E-state index contributed by atoms with van der Waals surface area (Å²) in [6.45, 7) is 0.216. The molecule has 1 aliphatic heterocycles. The van der Waals surface area contributed by atoms with E-state index in [0.29, 0.717) is 5.56 Å². The average molecular weight is 285 g/mol. The normalized spacial score (nSPS) is 19.4. The van der Waals surface area contributed by atoms with Gasteiger partial charge in [-0.2, -0.15) is 0 Å². The summed E-state index contributed by atoms with van der Waals surface area (Å²) in [6.07, 6.45) is -0.564. The number of ether oxygens (including phenoxy) is 1. The van der Waals surface area contributed by atoms with Crippen molar-refractivity contribution in [2.24, 2.45) is 0 Å². The first kappa shape index (κ1) is 10.9. The summed E-state index contributed by atoms with van der Waals surface area (Å²) in [5, 5.41) is 1.12. The number of carbonyl (C=O) groups excluding carboxylic acids is 2. The zero-order valence-corrected chi connectivity index (χ0v) is 9.81. The molecule has 1 fully saturated rings. The molecule has 0 saturated carbocycles. The average Bonchev–Trinajstić information content (AvgIpc) is 2.62. The SMILES string of the molecule is O=C(NN1C(=O)OCC1Br)c1ccccc1. The minimum Gasteiger partial charge on any atom is -0.445 e. The minimum absolute atomic E-state index is 0.216. The Morgan fingerprint density at radius 1 is 1.44 bits per heavy atom. The largest absolute Gasteiger partial charge is 0.445 e. The van der Waals surface area contributed by atoms with Crippen LogP contribution in [-0.4, -0.2) is 28.6 Å². The molecule has 5 nitrogen and oxygen atoms in total. The Balaban J connectivity index is 2.05. The summed E-state index contributed by atoms with van der Waals surface area (Å²) in [5.41, 5.74) is 2.96. The standard InChI is InChI=1S/C10H9BrN2O3/c11-8-6-16-10(15)13(8)12-9(14)7-4-2-1-3-5-7/h1-5,8H,6H2,(H,12,14). The maximum absolute atomic E-state index is 11.7. The van der Waals surface area contributed by atoms with Gasteiger partial charge in [-0.25, -0.2) is 9.80 Å². The number of hydrogen-bond acceptors (Lipinski definition) is 3. The topological polar surface area (TPSA) is 58.6 Å². The fraction of sp³-hybridized carbons (Fsp3) is 0.200. The van der Waals surface area contributed by atoms with Crippen LogP contribution in [0.5, 0.6) is 0 Å². The number of cyclic esters (lactones) is 1. The fourth-order valence-corrected chi connectivity index (χ4v) is 1.68. The third-order valence-electron chi connectivity index (χ3n) is 2.08. The van der Waals surface area contributed by atoms with Gasteiger partial charge < -0.3 is 4.74 Å². The zero-order valence-electron chi connectivity index (χ0n) is 8.22. The molecule has 0 bridgehead atoms. The molecule has 1 aromatic carbocycles. The molecule has 0 aromatic heterocycles. The maximum Gasteiger partial charge on any atom is 0.430 e. The number of hydrazine groups is 1. The second-order valence-corrected chi connectivity index (χ2v) is 4.25. The van der Waals surface area contributed by atoms with Crippen LogP contribution in [0.15, 0.2) is 30.3 Å². The van der Waals surface area contributed by atoms with Gasteiger partial charge in [-0.3, -0.25) is 10.2 Å². The molecule has 1 aromatic rings. The molecule has 1 atom stereocenters. The van der Waals surface area contributed by atoms with Gasteiger partial charge in [-0.15, -0.1) is 0 Å². The third-order valence-corrected chi connectivity index (χ3v) is 2.75. The summed E-state index contributed by atoms with van der Waals surface area (Å²) < 4.78 is 4.74. The van der Waals surface area contributed by atoms with Crippen LogP contribution in [0.25, 0.3) is 0 Å². The van der Waals surface area contributed by atoms with Crippen molar-refractivity contribution in [3.8, 4) is 0 Å². The molecule has 1 aliphatic rings. The van der Waals surface area contributed by atoms with Crippen LogP contribution < -0.4 is 5.43 Å². The van der Waals surface area contributed by atoms with Gasteiger partial charge in [-0.1, -0.05) is 34.1 Å². The molecule has 2 amide bonds. The lowest BCUT2D eigenvalue weighted by molar-refractivity contribution is 0.0825. The number of nitrogens with one attached hydrogen (secondary N) is 1. The minimum atomic E-state index is -0.564. The number of carbonyl (C=O) groups is 2. The lowest BCUT2D eigenvalue weighted by Crippen LogP contribution is -2.45. The van der Waals surface area contributed by atoms with E-state index in [1.807, 2.05) is 6.07 Å². The first-order valence-electron chi connectivity index (χ1n) is 4.64. The van der Waals surface area contributed by atoms with Gasteiger partial charge in [0.15, 0.2) is 0 Å². The number of halogens is 1. The highest BCUT2D eigenvalue weighted by atomic mass is 79.9. The molecular formula is C10H9BrN2O3. The van der Waals surface area contributed by atoms with Crippen LogP contribution in [-0.2, 0) is 4.74 Å². The molecule has 6 heteroatoms. The Morgan fingerprint density at radius 3 is 2.69 bits per heavy atom. The maximum atomic E-state index is 11.7. The quantitative estimate of drug-likeness (QED) is 0.662. The molecule has 0 spiro atoms. The smallest absolute Gasteiger partial charge is 0.430 e. The van der Waals surface area contributed by atoms with Crippen molar-refractivity contribution in [1.29, 1.82) is 0 Å². The second-order valence-electron chi connectivity index (χ2n) is 3.19. The van der Waals surface area contributed by atoms with Crippen LogP contribution in [0.2, 0.25) is 0 Å². The zero-order chi connectivity index (χ0) is 11.5. The molecule has 1 saturated heterocycles. The Kier molecular flexibility index (Phi) is 3.09. The molecule has 1 N–H and O–H groups in total. The number of nitrogens with zero attached hydrogens (tertiary/aromatic N) is 1. The van der Waals surface area contributed by atoms with Gasteiger partial charge in [0, 0.05) is 5.56 Å². The number of hydrogen-bond donors (Lipinski definition) is 1. The highest BCUT2D eigenvalue weighted by Crippen LogP contribution is 2.15. The molecule has 84 valence electrons. The Bertz CT molecular complexity index is 410. The van der Waals surface area contributed by atoms with Gasteiger partial charge >= 0.3 is 6.09 Å². The predicted molar refractivity (Wildman–Crippen MR) is 59.8 cm³/mol. The Hall–Kier alpha value is -1.56. The molecule has 16 heavy (non-hydrogen) atoms. The van der Waals surface area contributed by atoms with Gasteiger partial charge in [0.05, 0.1) is 0 Å². The lowest BCUT2D eigenvalue weighted by Gasteiger charge is -2.17. The van der Waals surface area contributed by atoms with E-state index in [1.165, 1.54) is 0 Å². The van der Waals surface area contributed by atoms with Crippen molar-refractivity contribution in [3.63, 3.8) is 0 Å². The van der Waals surface area contributed by atoms with E-state index in [9.17, 15) is 9.59 Å². The summed E-state index contributed by atoms with van der Waals surface area (Å²) in [6, 6.07) is 8.65. The highest BCUT2D eigenvalue weighted by molar-refractivity contribution is 9.09. The third kappa shape index (κ3) is 2.16. The van der Waals surface area contributed by atoms with E-state index in [-0.39, 0.29) is 17.5 Å². The number of rotatable bonds is 2. The lowest BCUT2D eigenvalue weighted by atomic mass is 10.2. The molecule has 1 heterocycles. The fourth-order valence-electron chi connectivity index (χ4n) is 1.28. The van der Waals surface area contributed by atoms with E-state index in [1.54, 1.807) is 24.3 Å². The van der Waals surface area contributed by atoms with Crippen LogP contribution in [0.4, 0.5) is 4.79 Å². The first-order chi connectivity index (χ1) is 7.68. The molecule has 2 rings (SSSR count). The van der Waals surface area contributed by atoms with Crippen molar-refractivity contribution in [2.45, 2.75) is 4.95 Å². The van der Waals surface area contributed by atoms with E-state index in [0.717, 1.165) is 5.01 Å². The van der Waals surface area contributed by atoms with Crippen molar-refractivity contribution in [3.05, 3.63) is 35.9 Å². The monoisotopic (exact) mass is 284 g/mol. The summed E-state index contributed by atoms with van der Waals surface area (Å²) in [5.74, 6) is -0.344. The van der Waals surface area contributed by atoms with Crippen LogP contribution >= 0.6 is 15.9 Å². The number of alkyl halides is 1. The molecular weight excluding hydrogens is 276 g/mol. The Morgan fingerprint density at radius 2 is 2.12 bits per heavy atom. The number of amides is 2. The van der Waals surface area contributed by atoms with Crippen molar-refractivity contribution >= 4 is 27.9 Å². The predicted octanol–water partition coefficient (Wildman–Crippen LogP) is 1.50. The molecule has 0 aliphatic carbocycles. The second kappa shape index (κ2) is 4.52. The van der Waals surface area contributed by atoms with Gasteiger partial charge in [0.1, 0.15) is 11.6 Å². The summed E-state index contributed by atoms with van der Waals surface area (Å²) in [7, 11) is 0. The summed E-state index contributed by atoms with van der Waals surface area (Å²) in [4.78, 5) is 22.6. The van der Waals surface area contributed by atoms with Gasteiger partial charge in [0.2, 0.25) is 0 Å². The van der Waals surface area contributed by atoms with Crippen molar-refractivity contribution in [2.75, 3.05) is 6.61 Å². The molecule has 1 unspecified atom stereocenters. The molecule has 0 radical (unpaired) electrons.